The van der Waals surface area contributed by atoms with Crippen LogP contribution in [0.3, 0.4) is 0 Å². The molecule has 1 aromatic heterocycles. The molecule has 0 N–H and O–H groups in total. The summed E-state index contributed by atoms with van der Waals surface area (Å²) in [4.78, 5) is 0. The topological polar surface area (TPSA) is 35.3 Å². The number of hydrogen-bond acceptors (Lipinski definition) is 3. The fraction of sp³-hybridized carbons (Fsp3) is 0.500. The van der Waals surface area contributed by atoms with Crippen LogP contribution in [0.15, 0.2) is 4.52 Å². The van der Waals surface area contributed by atoms with Crippen molar-refractivity contribution in [1.82, 2.24) is 5.16 Å². The van der Waals surface area contributed by atoms with Crippen LogP contribution in [0.5, 0.6) is 0 Å². The number of nitrogens with zero attached hydrogens (tertiary/aromatic N) is 1. The van der Waals surface area contributed by atoms with E-state index < -0.39 is 0 Å². The first-order chi connectivity index (χ1) is 4.75. The Balaban J connectivity index is 2.83. The predicted octanol–water partition coefficient (Wildman–Crippen LogP) is 1.73. The molecule has 3 nitrogen and oxygen atoms in total. The van der Waals surface area contributed by atoms with Gasteiger partial charge in [0.1, 0.15) is 11.5 Å². The molecule has 1 heterocycles. The molecule has 0 aliphatic rings. The Hall–Kier alpha value is -0.100. The summed E-state index contributed by atoms with van der Waals surface area (Å²) in [6.07, 6.45) is 0. The second-order valence-corrected chi connectivity index (χ2v) is 3.01. The van der Waals surface area contributed by atoms with E-state index in [1.807, 2.05) is 6.92 Å². The molecule has 0 saturated heterocycles. The first kappa shape index (κ1) is 8.00. The summed E-state index contributed by atoms with van der Waals surface area (Å²) in [6, 6.07) is 0. The minimum absolute atomic E-state index is 0.523. The standard InChI is InChI=1S/C6H8INO2/c1-4-6(7)5(3-9-2)8-10-4/h3H2,1-2H3. The minimum atomic E-state index is 0.523. The van der Waals surface area contributed by atoms with E-state index in [-0.39, 0.29) is 0 Å². The zero-order valence-corrected chi connectivity index (χ0v) is 8.01. The SMILES string of the molecule is COCc1noc(C)c1I. The van der Waals surface area contributed by atoms with Gasteiger partial charge in [-0.2, -0.15) is 0 Å². The first-order valence-corrected chi connectivity index (χ1v) is 3.93. The zero-order valence-electron chi connectivity index (χ0n) is 5.85. The maximum absolute atomic E-state index is 4.91. The molecule has 4 heteroatoms. The van der Waals surface area contributed by atoms with Crippen LogP contribution in [0.4, 0.5) is 0 Å². The molecule has 0 amide bonds. The molecular weight excluding hydrogens is 245 g/mol. The Morgan fingerprint density at radius 3 is 2.80 bits per heavy atom. The molecule has 0 spiro atoms. The number of rotatable bonds is 2. The van der Waals surface area contributed by atoms with Crippen LogP contribution in [-0.4, -0.2) is 12.3 Å². The van der Waals surface area contributed by atoms with Crippen molar-refractivity contribution in [2.45, 2.75) is 13.5 Å². The van der Waals surface area contributed by atoms with E-state index in [9.17, 15) is 0 Å². The fourth-order valence-electron chi connectivity index (χ4n) is 0.633. The van der Waals surface area contributed by atoms with E-state index in [2.05, 4.69) is 27.7 Å². The van der Waals surface area contributed by atoms with Gasteiger partial charge in [-0.25, -0.2) is 0 Å². The molecule has 10 heavy (non-hydrogen) atoms. The van der Waals surface area contributed by atoms with Crippen molar-refractivity contribution in [3.05, 3.63) is 15.0 Å². The summed E-state index contributed by atoms with van der Waals surface area (Å²) in [5.74, 6) is 0.854. The normalized spacial score (nSPS) is 10.3. The van der Waals surface area contributed by atoms with Gasteiger partial charge in [0.05, 0.1) is 10.2 Å². The van der Waals surface area contributed by atoms with Crippen molar-refractivity contribution in [1.29, 1.82) is 0 Å². The molecule has 0 unspecified atom stereocenters. The highest BCUT2D eigenvalue weighted by Gasteiger charge is 2.07. The predicted molar refractivity (Wildman–Crippen MR) is 44.7 cm³/mol. The Kier molecular flexibility index (Phi) is 2.67. The molecule has 0 bridgehead atoms. The largest absolute Gasteiger partial charge is 0.378 e. The molecule has 0 aliphatic heterocycles. The van der Waals surface area contributed by atoms with Gasteiger partial charge in [0.15, 0.2) is 0 Å². The lowest BCUT2D eigenvalue weighted by Gasteiger charge is -1.90. The molecule has 0 fully saturated rings. The molecule has 0 aliphatic carbocycles. The van der Waals surface area contributed by atoms with Crippen molar-refractivity contribution in [3.8, 4) is 0 Å². The first-order valence-electron chi connectivity index (χ1n) is 2.85. The second kappa shape index (κ2) is 3.34. The highest BCUT2D eigenvalue weighted by atomic mass is 127. The van der Waals surface area contributed by atoms with Crippen LogP contribution in [-0.2, 0) is 11.3 Å². The Morgan fingerprint density at radius 2 is 2.40 bits per heavy atom. The molecular formula is C6H8INO2. The number of methoxy groups -OCH3 is 1. The Morgan fingerprint density at radius 1 is 1.70 bits per heavy atom. The number of hydrogen-bond donors (Lipinski definition) is 0. The molecule has 56 valence electrons. The molecule has 1 aromatic rings. The van der Waals surface area contributed by atoms with Gasteiger partial charge >= 0.3 is 0 Å². The molecule has 0 aromatic carbocycles. The van der Waals surface area contributed by atoms with Crippen molar-refractivity contribution in [2.24, 2.45) is 0 Å². The van der Waals surface area contributed by atoms with Crippen molar-refractivity contribution in [2.75, 3.05) is 7.11 Å². The van der Waals surface area contributed by atoms with E-state index in [1.165, 1.54) is 0 Å². The van der Waals surface area contributed by atoms with Gasteiger partial charge in [0.2, 0.25) is 0 Å². The van der Waals surface area contributed by atoms with Gasteiger partial charge in [-0.15, -0.1) is 0 Å². The highest BCUT2D eigenvalue weighted by molar-refractivity contribution is 14.1. The molecule has 0 saturated carbocycles. The Labute approximate surface area is 72.9 Å². The maximum atomic E-state index is 4.91. The van der Waals surface area contributed by atoms with Gasteiger partial charge in [-0.1, -0.05) is 5.16 Å². The third kappa shape index (κ3) is 1.49. The van der Waals surface area contributed by atoms with Crippen LogP contribution >= 0.6 is 22.6 Å². The third-order valence-corrected chi connectivity index (χ3v) is 2.52. The van der Waals surface area contributed by atoms with Crippen LogP contribution < -0.4 is 0 Å². The number of aromatic nitrogens is 1. The smallest absolute Gasteiger partial charge is 0.147 e. The number of ether oxygens (including phenoxy) is 1. The summed E-state index contributed by atoms with van der Waals surface area (Å²) in [5.41, 5.74) is 0.876. The summed E-state index contributed by atoms with van der Waals surface area (Å²) < 4.78 is 10.9. The lowest BCUT2D eigenvalue weighted by Crippen LogP contribution is -1.89. The van der Waals surface area contributed by atoms with Crippen LogP contribution in [0.2, 0.25) is 0 Å². The lowest BCUT2D eigenvalue weighted by atomic mass is 10.4. The zero-order chi connectivity index (χ0) is 7.56. The highest BCUT2D eigenvalue weighted by Crippen LogP contribution is 2.15. The summed E-state index contributed by atoms with van der Waals surface area (Å²) in [6.45, 7) is 2.41. The third-order valence-electron chi connectivity index (χ3n) is 1.14. The number of aryl methyl sites for hydroxylation is 1. The Bertz CT molecular complexity index is 222. The second-order valence-electron chi connectivity index (χ2n) is 1.93. The van der Waals surface area contributed by atoms with Gasteiger partial charge in [-0.05, 0) is 29.5 Å². The maximum Gasteiger partial charge on any atom is 0.147 e. The fourth-order valence-corrected chi connectivity index (χ4v) is 0.986. The lowest BCUT2D eigenvalue weighted by molar-refractivity contribution is 0.176. The summed E-state index contributed by atoms with van der Waals surface area (Å²) in [7, 11) is 1.64. The van der Waals surface area contributed by atoms with Crippen molar-refractivity contribution < 1.29 is 9.26 Å². The molecule has 0 atom stereocenters. The quantitative estimate of drug-likeness (QED) is 0.753. The summed E-state index contributed by atoms with van der Waals surface area (Å²) in [5, 5.41) is 3.80. The van der Waals surface area contributed by atoms with Crippen LogP contribution in [0.25, 0.3) is 0 Å². The van der Waals surface area contributed by atoms with Gasteiger partial charge in [-0.3, -0.25) is 0 Å². The number of halogens is 1. The van der Waals surface area contributed by atoms with Crippen LogP contribution in [0, 0.1) is 10.5 Å². The van der Waals surface area contributed by atoms with E-state index >= 15 is 0 Å². The van der Waals surface area contributed by atoms with E-state index in [0.717, 1.165) is 15.0 Å². The van der Waals surface area contributed by atoms with E-state index in [4.69, 9.17) is 9.26 Å². The van der Waals surface area contributed by atoms with Crippen molar-refractivity contribution in [3.63, 3.8) is 0 Å². The molecule has 1 rings (SSSR count). The average Bonchev–Trinajstić information content (AvgIpc) is 2.20. The van der Waals surface area contributed by atoms with Crippen LogP contribution in [0.1, 0.15) is 11.5 Å². The summed E-state index contributed by atoms with van der Waals surface area (Å²) >= 11 is 2.19. The monoisotopic (exact) mass is 253 g/mol. The van der Waals surface area contributed by atoms with E-state index in [1.54, 1.807) is 7.11 Å². The van der Waals surface area contributed by atoms with Gasteiger partial charge < -0.3 is 9.26 Å². The minimum Gasteiger partial charge on any atom is -0.378 e. The van der Waals surface area contributed by atoms with Crippen molar-refractivity contribution >= 4 is 22.6 Å². The molecule has 0 radical (unpaired) electrons. The average molecular weight is 253 g/mol. The van der Waals surface area contributed by atoms with Gasteiger partial charge in [0.25, 0.3) is 0 Å². The van der Waals surface area contributed by atoms with Gasteiger partial charge in [0, 0.05) is 7.11 Å². The van der Waals surface area contributed by atoms with E-state index in [0.29, 0.717) is 6.61 Å².